The molecule has 0 saturated heterocycles. The number of hydrogen-bond acceptors (Lipinski definition) is 6. The molecule has 0 spiro atoms. The molecular weight excluding hydrogens is 379 g/mol. The van der Waals surface area contributed by atoms with Crippen molar-refractivity contribution in [3.8, 4) is 0 Å². The van der Waals surface area contributed by atoms with Crippen LogP contribution in [0.3, 0.4) is 0 Å². The second-order valence-electron chi connectivity index (χ2n) is 6.05. The van der Waals surface area contributed by atoms with E-state index in [1.807, 2.05) is 0 Å². The minimum Gasteiger partial charge on any atom is -0.480 e. The third-order valence-corrected chi connectivity index (χ3v) is 4.12. The van der Waals surface area contributed by atoms with Crippen LogP contribution >= 0.6 is 7.75 Å². The molecule has 27 heavy (non-hydrogen) atoms. The van der Waals surface area contributed by atoms with Crippen molar-refractivity contribution in [2.24, 2.45) is 11.2 Å². The molecule has 8 N–H and O–H groups in total. The van der Waals surface area contributed by atoms with Crippen LogP contribution in [0.4, 0.5) is 0 Å². The molecule has 0 aromatic heterocycles. The average molecular weight is 410 g/mol. The predicted octanol–water partition coefficient (Wildman–Crippen LogP) is -0.173. The van der Waals surface area contributed by atoms with Gasteiger partial charge < -0.3 is 26.4 Å². The molecule has 0 aliphatic carbocycles. The number of carbonyl (C=O) groups excluding carboxylic acids is 2. The largest absolute Gasteiger partial charge is 0.480 e. The molecule has 2 amide bonds. The molecule has 0 aromatic rings. The zero-order chi connectivity index (χ0) is 20.7. The Morgan fingerprint density at radius 2 is 1.74 bits per heavy atom. The standard InChI is InChI=1S/C15H31N4O7P/c16-9-3-1-2-6-14(21)19-12(15(22)23)7-8-13(20)18-10-4-5-11-26-27(17,24)25/h12H,1-11,16H2,(H,18,20)(H,19,21)(H,22,23)(H3,17,24,25)/t12-/m0/s1. The monoisotopic (exact) mass is 410 g/mol. The van der Waals surface area contributed by atoms with Crippen molar-refractivity contribution < 1.29 is 33.5 Å². The van der Waals surface area contributed by atoms with Gasteiger partial charge in [0, 0.05) is 19.4 Å². The summed E-state index contributed by atoms with van der Waals surface area (Å²) in [6, 6.07) is -1.12. The second kappa shape index (κ2) is 14.5. The lowest BCUT2D eigenvalue weighted by atomic mass is 10.1. The Morgan fingerprint density at radius 1 is 1.04 bits per heavy atom. The average Bonchev–Trinajstić information content (AvgIpc) is 2.57. The molecule has 0 fully saturated rings. The van der Waals surface area contributed by atoms with Gasteiger partial charge in [0.2, 0.25) is 11.8 Å². The number of carboxylic acids is 1. The Morgan fingerprint density at radius 3 is 2.33 bits per heavy atom. The van der Waals surface area contributed by atoms with E-state index in [-0.39, 0.29) is 37.7 Å². The highest BCUT2D eigenvalue weighted by Crippen LogP contribution is 2.30. The van der Waals surface area contributed by atoms with Gasteiger partial charge in [0.05, 0.1) is 6.61 Å². The van der Waals surface area contributed by atoms with Crippen molar-refractivity contribution in [3.63, 3.8) is 0 Å². The number of nitrogens with one attached hydrogen (secondary N) is 2. The second-order valence-corrected chi connectivity index (χ2v) is 7.44. The van der Waals surface area contributed by atoms with E-state index in [0.29, 0.717) is 32.4 Å². The number of nitrogens with two attached hydrogens (primary N) is 2. The Kier molecular flexibility index (Phi) is 13.7. The summed E-state index contributed by atoms with van der Waals surface area (Å²) < 4.78 is 15.2. The fourth-order valence-electron chi connectivity index (χ4n) is 2.14. The molecule has 0 aliphatic rings. The molecule has 0 rings (SSSR count). The highest BCUT2D eigenvalue weighted by molar-refractivity contribution is 7.50. The molecule has 0 saturated carbocycles. The number of amides is 2. The Balaban J connectivity index is 3.95. The minimum atomic E-state index is -3.97. The van der Waals surface area contributed by atoms with Gasteiger partial charge in [-0.1, -0.05) is 6.42 Å². The van der Waals surface area contributed by atoms with Crippen LogP contribution in [0.5, 0.6) is 0 Å². The zero-order valence-electron chi connectivity index (χ0n) is 15.4. The summed E-state index contributed by atoms with van der Waals surface area (Å²) in [5.41, 5.74) is 10.2. The molecule has 0 bridgehead atoms. The molecule has 158 valence electrons. The smallest absolute Gasteiger partial charge is 0.400 e. The summed E-state index contributed by atoms with van der Waals surface area (Å²) in [5, 5.41) is 14.2. The summed E-state index contributed by atoms with van der Waals surface area (Å²) in [4.78, 5) is 43.4. The molecule has 12 heteroatoms. The molecule has 0 aromatic carbocycles. The van der Waals surface area contributed by atoms with E-state index in [0.717, 1.165) is 12.8 Å². The van der Waals surface area contributed by atoms with Crippen LogP contribution in [0.15, 0.2) is 0 Å². The number of aliphatic carboxylic acids is 1. The molecule has 0 radical (unpaired) electrons. The van der Waals surface area contributed by atoms with Crippen LogP contribution in [0.25, 0.3) is 0 Å². The molecule has 1 unspecified atom stereocenters. The summed E-state index contributed by atoms with van der Waals surface area (Å²) in [6.07, 6.45) is 3.35. The normalized spacial score (nSPS) is 14.2. The van der Waals surface area contributed by atoms with Gasteiger partial charge in [-0.2, -0.15) is 0 Å². The zero-order valence-corrected chi connectivity index (χ0v) is 16.3. The van der Waals surface area contributed by atoms with E-state index in [1.54, 1.807) is 0 Å². The molecule has 0 aliphatic heterocycles. The maximum absolute atomic E-state index is 11.7. The number of hydrogen-bond donors (Lipinski definition) is 6. The lowest BCUT2D eigenvalue weighted by Crippen LogP contribution is -2.41. The van der Waals surface area contributed by atoms with Crippen molar-refractivity contribution in [2.75, 3.05) is 19.7 Å². The third kappa shape index (κ3) is 16.4. The predicted molar refractivity (Wildman–Crippen MR) is 98.5 cm³/mol. The van der Waals surface area contributed by atoms with Gasteiger partial charge in [-0.05, 0) is 38.6 Å². The van der Waals surface area contributed by atoms with E-state index >= 15 is 0 Å². The first-order valence-electron chi connectivity index (χ1n) is 8.90. The van der Waals surface area contributed by atoms with Gasteiger partial charge in [-0.15, -0.1) is 0 Å². The van der Waals surface area contributed by atoms with Gasteiger partial charge in [0.25, 0.3) is 0 Å². The van der Waals surface area contributed by atoms with Crippen molar-refractivity contribution in [1.82, 2.24) is 10.6 Å². The summed E-state index contributed by atoms with van der Waals surface area (Å²) >= 11 is 0. The lowest BCUT2D eigenvalue weighted by molar-refractivity contribution is -0.142. The highest BCUT2D eigenvalue weighted by Gasteiger charge is 2.20. The first kappa shape index (κ1) is 25.5. The quantitative estimate of drug-likeness (QED) is 0.148. The van der Waals surface area contributed by atoms with Crippen molar-refractivity contribution in [3.05, 3.63) is 0 Å². The van der Waals surface area contributed by atoms with Gasteiger partial charge >= 0.3 is 13.7 Å². The SMILES string of the molecule is NCCCCCC(=O)N[C@@H](CCC(=O)NCCCCOP(N)(=O)O)C(=O)O. The first-order valence-corrected chi connectivity index (χ1v) is 10.5. The molecule has 0 heterocycles. The number of rotatable bonds is 16. The topological polar surface area (TPSA) is 194 Å². The van der Waals surface area contributed by atoms with E-state index in [2.05, 4.69) is 15.2 Å². The van der Waals surface area contributed by atoms with Crippen LogP contribution in [-0.4, -0.2) is 53.5 Å². The van der Waals surface area contributed by atoms with Gasteiger partial charge in [-0.3, -0.25) is 14.1 Å². The minimum absolute atomic E-state index is 0.00144. The highest BCUT2D eigenvalue weighted by atomic mass is 31.2. The van der Waals surface area contributed by atoms with Crippen LogP contribution in [0.2, 0.25) is 0 Å². The van der Waals surface area contributed by atoms with Crippen molar-refractivity contribution in [2.45, 2.75) is 57.4 Å². The maximum atomic E-state index is 11.7. The summed E-state index contributed by atoms with van der Waals surface area (Å²) in [5.74, 6) is -1.89. The van der Waals surface area contributed by atoms with Gasteiger partial charge in [-0.25, -0.2) is 14.9 Å². The van der Waals surface area contributed by atoms with Crippen LogP contribution in [0, 0.1) is 0 Å². The van der Waals surface area contributed by atoms with Crippen LogP contribution < -0.4 is 21.9 Å². The number of carbonyl (C=O) groups is 3. The number of unbranched alkanes of at least 4 members (excludes halogenated alkanes) is 3. The van der Waals surface area contributed by atoms with Crippen molar-refractivity contribution in [1.29, 1.82) is 0 Å². The summed E-state index contributed by atoms with van der Waals surface area (Å²) in [7, 11) is -3.97. The maximum Gasteiger partial charge on any atom is 0.400 e. The fraction of sp³-hybridized carbons (Fsp3) is 0.800. The van der Waals surface area contributed by atoms with Crippen LogP contribution in [0.1, 0.15) is 51.4 Å². The summed E-state index contributed by atoms with van der Waals surface area (Å²) in [6.45, 7) is 0.864. The van der Waals surface area contributed by atoms with Gasteiger partial charge in [0.1, 0.15) is 6.04 Å². The van der Waals surface area contributed by atoms with Crippen LogP contribution in [-0.2, 0) is 23.5 Å². The fourth-order valence-corrected chi connectivity index (χ4v) is 2.54. The Hall–Kier alpha value is -1.52. The van der Waals surface area contributed by atoms with Gasteiger partial charge in [0.15, 0.2) is 0 Å². The van der Waals surface area contributed by atoms with E-state index < -0.39 is 19.8 Å². The Bertz CT molecular complexity index is 512. The Labute approximate surface area is 158 Å². The van der Waals surface area contributed by atoms with E-state index in [4.69, 9.17) is 21.2 Å². The molecule has 2 atom stereocenters. The van der Waals surface area contributed by atoms with E-state index in [9.17, 15) is 18.9 Å². The number of carboxylic acid groups (broad SMARTS) is 1. The molecular formula is C15H31N4O7P. The van der Waals surface area contributed by atoms with E-state index in [1.165, 1.54) is 0 Å². The first-order chi connectivity index (χ1) is 12.7. The van der Waals surface area contributed by atoms with Crippen molar-refractivity contribution >= 4 is 25.5 Å². The lowest BCUT2D eigenvalue weighted by Gasteiger charge is -2.14. The molecule has 11 nitrogen and oxygen atoms in total. The third-order valence-electron chi connectivity index (χ3n) is 3.57.